The Bertz CT molecular complexity index is 1080. The molecule has 0 amide bonds. The largest absolute Gasteiger partial charge is 0.490 e. The van der Waals surface area contributed by atoms with Gasteiger partial charge in [-0.05, 0) is 49.6 Å². The molecule has 2 aromatic carbocycles. The Hall–Kier alpha value is -2.91. The van der Waals surface area contributed by atoms with Crippen molar-refractivity contribution in [1.82, 2.24) is 4.31 Å². The molecule has 1 saturated heterocycles. The number of carbonyl (C=O) groups is 2. The number of hydrogen-bond donors (Lipinski definition) is 0. The number of nitrogens with zero attached hydrogens (tertiary/aromatic N) is 1. The van der Waals surface area contributed by atoms with Gasteiger partial charge >= 0.3 is 5.97 Å². The zero-order valence-corrected chi connectivity index (χ0v) is 18.4. The van der Waals surface area contributed by atoms with Crippen molar-refractivity contribution >= 4 is 21.8 Å². The fourth-order valence-corrected chi connectivity index (χ4v) is 5.48. The van der Waals surface area contributed by atoms with Crippen LogP contribution in [0.25, 0.3) is 0 Å². The summed E-state index contributed by atoms with van der Waals surface area (Å²) in [6.07, 6.45) is 2.46. The van der Waals surface area contributed by atoms with Crippen molar-refractivity contribution in [3.8, 4) is 11.5 Å². The zero-order chi connectivity index (χ0) is 22.6. The van der Waals surface area contributed by atoms with E-state index in [0.717, 1.165) is 6.42 Å². The highest BCUT2D eigenvalue weighted by Crippen LogP contribution is 2.31. The number of carbonyl (C=O) groups excluding carboxylic acids is 2. The van der Waals surface area contributed by atoms with Gasteiger partial charge in [-0.2, -0.15) is 4.31 Å². The van der Waals surface area contributed by atoms with E-state index >= 15 is 0 Å². The third-order valence-electron chi connectivity index (χ3n) is 5.49. The van der Waals surface area contributed by atoms with E-state index in [1.807, 2.05) is 0 Å². The van der Waals surface area contributed by atoms with Crippen molar-refractivity contribution in [2.75, 3.05) is 26.4 Å². The fraction of sp³-hybridized carbons (Fsp3) is 0.391. The van der Waals surface area contributed by atoms with Crippen LogP contribution in [0.1, 0.15) is 36.0 Å². The van der Waals surface area contributed by atoms with E-state index in [2.05, 4.69) is 0 Å². The minimum absolute atomic E-state index is 0.128. The van der Waals surface area contributed by atoms with Gasteiger partial charge in [0.15, 0.2) is 23.9 Å². The van der Waals surface area contributed by atoms with Crippen molar-refractivity contribution in [1.29, 1.82) is 0 Å². The van der Waals surface area contributed by atoms with Gasteiger partial charge in [0.1, 0.15) is 6.04 Å². The predicted molar refractivity (Wildman–Crippen MR) is 115 cm³/mol. The van der Waals surface area contributed by atoms with Crippen LogP contribution in [0.4, 0.5) is 0 Å². The summed E-state index contributed by atoms with van der Waals surface area (Å²) in [6, 6.07) is 11.9. The first-order valence-electron chi connectivity index (χ1n) is 10.6. The van der Waals surface area contributed by atoms with Gasteiger partial charge in [0.25, 0.3) is 0 Å². The predicted octanol–water partition coefficient (Wildman–Crippen LogP) is 2.82. The Kier molecular flexibility index (Phi) is 6.76. The molecule has 0 N–H and O–H groups in total. The van der Waals surface area contributed by atoms with Gasteiger partial charge in [0, 0.05) is 18.5 Å². The van der Waals surface area contributed by atoms with Crippen LogP contribution in [-0.4, -0.2) is 56.9 Å². The molecule has 0 aliphatic carbocycles. The van der Waals surface area contributed by atoms with Gasteiger partial charge in [-0.1, -0.05) is 18.2 Å². The minimum atomic E-state index is -3.84. The summed E-state index contributed by atoms with van der Waals surface area (Å²) in [5.74, 6) is -0.0683. The van der Waals surface area contributed by atoms with Crippen molar-refractivity contribution in [2.45, 2.75) is 36.6 Å². The number of ketones is 1. The quantitative estimate of drug-likeness (QED) is 0.484. The van der Waals surface area contributed by atoms with E-state index in [9.17, 15) is 18.0 Å². The molecule has 0 saturated carbocycles. The number of piperidine rings is 1. The first-order chi connectivity index (χ1) is 15.5. The second kappa shape index (κ2) is 9.70. The highest BCUT2D eigenvalue weighted by molar-refractivity contribution is 7.89. The number of esters is 1. The molecule has 2 aliphatic rings. The summed E-state index contributed by atoms with van der Waals surface area (Å²) in [7, 11) is -3.84. The highest BCUT2D eigenvalue weighted by Gasteiger charge is 2.38. The lowest BCUT2D eigenvalue weighted by atomic mass is 10.1. The molecular formula is C23H25NO7S. The number of ether oxygens (including phenoxy) is 3. The summed E-state index contributed by atoms with van der Waals surface area (Å²) in [4.78, 5) is 25.5. The van der Waals surface area contributed by atoms with E-state index in [1.165, 1.54) is 16.4 Å². The maximum Gasteiger partial charge on any atom is 0.324 e. The Morgan fingerprint density at radius 3 is 2.50 bits per heavy atom. The lowest BCUT2D eigenvalue weighted by molar-refractivity contribution is -0.148. The fourth-order valence-electron chi connectivity index (χ4n) is 3.81. The molecule has 0 aromatic heterocycles. The Balaban J connectivity index is 1.43. The molecule has 0 bridgehead atoms. The molecule has 2 heterocycles. The average Bonchev–Trinajstić information content (AvgIpc) is 3.08. The molecule has 170 valence electrons. The zero-order valence-electron chi connectivity index (χ0n) is 17.6. The smallest absolute Gasteiger partial charge is 0.324 e. The SMILES string of the molecule is O=C(COC(=O)C1CCCCN1S(=O)(=O)c1ccccc1)c1ccc2c(c1)OCCCO2. The van der Waals surface area contributed by atoms with Crippen molar-refractivity contribution in [3.05, 3.63) is 54.1 Å². The van der Waals surface area contributed by atoms with Crippen LogP contribution in [0.5, 0.6) is 11.5 Å². The molecule has 9 heteroatoms. The van der Waals surface area contributed by atoms with E-state index in [1.54, 1.807) is 36.4 Å². The molecule has 2 aliphatic heterocycles. The molecule has 32 heavy (non-hydrogen) atoms. The van der Waals surface area contributed by atoms with Gasteiger partial charge < -0.3 is 14.2 Å². The van der Waals surface area contributed by atoms with Crippen molar-refractivity contribution < 1.29 is 32.2 Å². The third kappa shape index (κ3) is 4.78. The Morgan fingerprint density at radius 1 is 0.969 bits per heavy atom. The van der Waals surface area contributed by atoms with E-state index < -0.39 is 34.4 Å². The molecule has 1 unspecified atom stereocenters. The van der Waals surface area contributed by atoms with Crippen LogP contribution >= 0.6 is 0 Å². The highest BCUT2D eigenvalue weighted by atomic mass is 32.2. The summed E-state index contributed by atoms with van der Waals surface area (Å²) in [5.41, 5.74) is 0.333. The number of sulfonamides is 1. The lowest BCUT2D eigenvalue weighted by Gasteiger charge is -2.32. The molecule has 1 atom stereocenters. The number of Topliss-reactive ketones (excluding diaryl/α,β-unsaturated/α-hetero) is 1. The van der Waals surface area contributed by atoms with Gasteiger partial charge in [0.05, 0.1) is 18.1 Å². The Morgan fingerprint density at radius 2 is 1.72 bits per heavy atom. The maximum atomic E-state index is 13.1. The lowest BCUT2D eigenvalue weighted by Crippen LogP contribution is -2.48. The van der Waals surface area contributed by atoms with Gasteiger partial charge in [0.2, 0.25) is 10.0 Å². The second-order valence-electron chi connectivity index (χ2n) is 7.68. The van der Waals surface area contributed by atoms with Crippen molar-refractivity contribution in [2.24, 2.45) is 0 Å². The van der Waals surface area contributed by atoms with E-state index in [4.69, 9.17) is 14.2 Å². The Labute approximate surface area is 187 Å². The van der Waals surface area contributed by atoms with Crippen LogP contribution in [0, 0.1) is 0 Å². The number of benzene rings is 2. The van der Waals surface area contributed by atoms with Crippen LogP contribution in [0.2, 0.25) is 0 Å². The summed E-state index contributed by atoms with van der Waals surface area (Å²) in [6.45, 7) is 0.788. The van der Waals surface area contributed by atoms with Crippen LogP contribution in [-0.2, 0) is 19.6 Å². The first kappa shape index (κ1) is 22.3. The number of rotatable bonds is 6. The number of hydrogen-bond acceptors (Lipinski definition) is 7. The maximum absolute atomic E-state index is 13.1. The molecule has 0 radical (unpaired) electrons. The monoisotopic (exact) mass is 459 g/mol. The topological polar surface area (TPSA) is 99.2 Å². The summed E-state index contributed by atoms with van der Waals surface area (Å²) >= 11 is 0. The van der Waals surface area contributed by atoms with Crippen LogP contribution < -0.4 is 9.47 Å². The van der Waals surface area contributed by atoms with Crippen LogP contribution in [0.15, 0.2) is 53.4 Å². The first-order valence-corrected chi connectivity index (χ1v) is 12.1. The molecule has 4 rings (SSSR count). The number of fused-ring (bicyclic) bond motifs is 1. The summed E-state index contributed by atoms with van der Waals surface area (Å²) < 4.78 is 43.7. The third-order valence-corrected chi connectivity index (χ3v) is 7.41. The molecule has 0 spiro atoms. The average molecular weight is 460 g/mol. The summed E-state index contributed by atoms with van der Waals surface area (Å²) in [5, 5.41) is 0. The molecule has 2 aromatic rings. The van der Waals surface area contributed by atoms with E-state index in [-0.39, 0.29) is 11.4 Å². The van der Waals surface area contributed by atoms with Crippen LogP contribution in [0.3, 0.4) is 0 Å². The minimum Gasteiger partial charge on any atom is -0.490 e. The van der Waals surface area contributed by atoms with Gasteiger partial charge in [-0.15, -0.1) is 0 Å². The normalized spacial score (nSPS) is 19.1. The molecular weight excluding hydrogens is 434 g/mol. The molecule has 8 nitrogen and oxygen atoms in total. The van der Waals surface area contributed by atoms with Gasteiger partial charge in [-0.3, -0.25) is 9.59 Å². The standard InChI is InChI=1S/C23H25NO7S/c25-20(17-10-11-21-22(15-17)30-14-6-13-29-21)16-31-23(26)19-9-4-5-12-24(19)32(27,28)18-7-2-1-3-8-18/h1-3,7-8,10-11,15,19H,4-6,9,12-14,16H2. The van der Waals surface area contributed by atoms with Crippen molar-refractivity contribution in [3.63, 3.8) is 0 Å². The molecule has 1 fully saturated rings. The van der Waals surface area contributed by atoms with E-state index in [0.29, 0.717) is 49.5 Å². The van der Waals surface area contributed by atoms with Gasteiger partial charge in [-0.25, -0.2) is 8.42 Å². The second-order valence-corrected chi connectivity index (χ2v) is 9.57.